The molecule has 0 bridgehead atoms. The molecule has 1 atom stereocenters. The molecule has 1 unspecified atom stereocenters. The summed E-state index contributed by atoms with van der Waals surface area (Å²) >= 11 is 1.67. The fourth-order valence-electron chi connectivity index (χ4n) is 5.06. The molecule has 3 aromatic heterocycles. The zero-order valence-corrected chi connectivity index (χ0v) is 22.6. The van der Waals surface area contributed by atoms with E-state index in [0.717, 1.165) is 64.1 Å². The number of carbonyl (C=O) groups excluding carboxylic acids is 2. The molecule has 3 heterocycles. The summed E-state index contributed by atoms with van der Waals surface area (Å²) in [6, 6.07) is 3.95. The summed E-state index contributed by atoms with van der Waals surface area (Å²) in [5.41, 5.74) is 2.95. The molecule has 4 aromatic rings. The van der Waals surface area contributed by atoms with Crippen molar-refractivity contribution in [3.05, 3.63) is 34.6 Å². The molecule has 0 spiro atoms. The number of thiophene rings is 1. The summed E-state index contributed by atoms with van der Waals surface area (Å²) in [7, 11) is 5.10. The van der Waals surface area contributed by atoms with Crippen molar-refractivity contribution in [1.29, 1.82) is 0 Å². The zero-order chi connectivity index (χ0) is 26.4. The molecule has 1 saturated carbocycles. The monoisotopic (exact) mass is 533 g/mol. The molecular weight excluding hydrogens is 502 g/mol. The van der Waals surface area contributed by atoms with Crippen molar-refractivity contribution in [1.82, 2.24) is 30.4 Å². The molecule has 10 nitrogen and oxygen atoms in total. The fraction of sp³-hybridized carbons (Fsp3) is 0.444. The van der Waals surface area contributed by atoms with Gasteiger partial charge in [0.25, 0.3) is 0 Å². The first-order chi connectivity index (χ1) is 18.4. The van der Waals surface area contributed by atoms with Gasteiger partial charge < -0.3 is 20.3 Å². The van der Waals surface area contributed by atoms with Gasteiger partial charge in [0.15, 0.2) is 0 Å². The van der Waals surface area contributed by atoms with E-state index < -0.39 is 0 Å². The number of hydrogen-bond acceptors (Lipinski definition) is 8. The fourth-order valence-corrected chi connectivity index (χ4v) is 6.36. The first kappa shape index (κ1) is 24.6. The molecule has 198 valence electrons. The minimum Gasteiger partial charge on any atom is -0.494 e. The Bertz CT molecular complexity index is 1540. The minimum absolute atomic E-state index is 0.00866. The van der Waals surface area contributed by atoms with Gasteiger partial charge in [0.05, 0.1) is 29.9 Å². The van der Waals surface area contributed by atoms with Crippen LogP contribution < -0.4 is 15.4 Å². The van der Waals surface area contributed by atoms with E-state index in [4.69, 9.17) is 14.7 Å². The summed E-state index contributed by atoms with van der Waals surface area (Å²) in [6.07, 6.45) is 6.52. The van der Waals surface area contributed by atoms with Crippen LogP contribution in [0.25, 0.3) is 21.1 Å². The molecule has 2 aliphatic carbocycles. The lowest BCUT2D eigenvalue weighted by Gasteiger charge is -2.22. The topological polar surface area (TPSA) is 125 Å². The van der Waals surface area contributed by atoms with Crippen LogP contribution in [0.4, 0.5) is 11.5 Å². The van der Waals surface area contributed by atoms with Gasteiger partial charge in [-0.1, -0.05) is 0 Å². The van der Waals surface area contributed by atoms with Crippen molar-refractivity contribution >= 4 is 55.8 Å². The van der Waals surface area contributed by atoms with Crippen LogP contribution in [0, 0.1) is 5.92 Å². The number of ether oxygens (including phenoxy) is 1. The molecule has 0 saturated heterocycles. The normalized spacial score (nSPS) is 16.9. The number of carbonyl (C=O) groups is 2. The van der Waals surface area contributed by atoms with Gasteiger partial charge in [-0.2, -0.15) is 5.10 Å². The number of fused-ring (bicyclic) bond motifs is 4. The molecule has 11 heteroatoms. The summed E-state index contributed by atoms with van der Waals surface area (Å²) < 4.78 is 5.67. The number of aromatic amines is 1. The average Bonchev–Trinajstić information content (AvgIpc) is 3.55. The maximum absolute atomic E-state index is 12.9. The third-order valence-corrected chi connectivity index (χ3v) is 8.54. The molecule has 1 fully saturated rings. The summed E-state index contributed by atoms with van der Waals surface area (Å²) in [5, 5.41) is 15.7. The standard InChI is InChI=1S/C27H31N7O3S/c1-34(2)22(35)8-9-28-26(36)15-6-7-17-21(11-15)38-27-23(17)25(31-24(32-27)14-4-5-14)30-19-10-16-13-29-33-18(16)12-20(19)37-3/h10,12-15H,4-9,11H2,1-3H3,(H,28,36)(H,29,33)(H,30,31,32). The smallest absolute Gasteiger partial charge is 0.223 e. The lowest BCUT2D eigenvalue weighted by atomic mass is 9.87. The van der Waals surface area contributed by atoms with E-state index in [9.17, 15) is 9.59 Å². The number of amides is 2. The Hall–Kier alpha value is -3.73. The second-order valence-corrected chi connectivity index (χ2v) is 11.4. The Kier molecular flexibility index (Phi) is 6.38. The van der Waals surface area contributed by atoms with E-state index in [1.807, 2.05) is 12.1 Å². The average molecular weight is 534 g/mol. The van der Waals surface area contributed by atoms with Crippen molar-refractivity contribution in [2.45, 2.75) is 44.4 Å². The van der Waals surface area contributed by atoms with Crippen LogP contribution in [-0.2, 0) is 22.4 Å². The molecule has 6 rings (SSSR count). The van der Waals surface area contributed by atoms with Crippen molar-refractivity contribution in [3.63, 3.8) is 0 Å². The first-order valence-electron chi connectivity index (χ1n) is 13.0. The molecule has 3 N–H and O–H groups in total. The van der Waals surface area contributed by atoms with E-state index in [-0.39, 0.29) is 17.7 Å². The van der Waals surface area contributed by atoms with Gasteiger partial charge >= 0.3 is 0 Å². The summed E-state index contributed by atoms with van der Waals surface area (Å²) in [4.78, 5) is 38.4. The van der Waals surface area contributed by atoms with E-state index in [0.29, 0.717) is 31.1 Å². The number of benzene rings is 1. The number of aryl methyl sites for hydroxylation is 1. The van der Waals surface area contributed by atoms with E-state index in [1.165, 1.54) is 10.4 Å². The minimum atomic E-state index is -0.110. The van der Waals surface area contributed by atoms with Crippen LogP contribution in [0.1, 0.15) is 47.9 Å². The molecule has 0 radical (unpaired) electrons. The maximum atomic E-state index is 12.9. The van der Waals surface area contributed by atoms with Gasteiger partial charge in [-0.25, -0.2) is 9.97 Å². The highest BCUT2D eigenvalue weighted by molar-refractivity contribution is 7.19. The predicted octanol–water partition coefficient (Wildman–Crippen LogP) is 3.90. The lowest BCUT2D eigenvalue weighted by molar-refractivity contribution is -0.129. The van der Waals surface area contributed by atoms with Crippen LogP contribution in [0.3, 0.4) is 0 Å². The lowest BCUT2D eigenvalue weighted by Crippen LogP contribution is -2.36. The Morgan fingerprint density at radius 2 is 2.05 bits per heavy atom. The summed E-state index contributed by atoms with van der Waals surface area (Å²) in [5.74, 6) is 2.69. The quantitative estimate of drug-likeness (QED) is 0.314. The van der Waals surface area contributed by atoms with Crippen LogP contribution in [0.5, 0.6) is 5.75 Å². The van der Waals surface area contributed by atoms with Crippen molar-refractivity contribution < 1.29 is 14.3 Å². The Morgan fingerprint density at radius 3 is 2.82 bits per heavy atom. The molecule has 38 heavy (non-hydrogen) atoms. The molecule has 0 aliphatic heterocycles. The SMILES string of the molecule is COc1cc2[nH]ncc2cc1Nc1nc(C2CC2)nc2sc3c(c12)CCC(C(=O)NCCC(=O)N(C)C)C3. The molecule has 2 amide bonds. The van der Waals surface area contributed by atoms with Gasteiger partial charge in [0, 0.05) is 55.2 Å². The largest absolute Gasteiger partial charge is 0.494 e. The third-order valence-electron chi connectivity index (χ3n) is 7.39. The van der Waals surface area contributed by atoms with E-state index in [1.54, 1.807) is 43.6 Å². The van der Waals surface area contributed by atoms with Gasteiger partial charge in [-0.3, -0.25) is 14.7 Å². The highest BCUT2D eigenvalue weighted by Crippen LogP contribution is 2.45. The second kappa shape index (κ2) is 9.86. The van der Waals surface area contributed by atoms with Gasteiger partial charge in [-0.05, 0) is 43.7 Å². The zero-order valence-electron chi connectivity index (χ0n) is 21.8. The van der Waals surface area contributed by atoms with Gasteiger partial charge in [0.1, 0.15) is 22.2 Å². The van der Waals surface area contributed by atoms with Crippen LogP contribution in [-0.4, -0.2) is 64.6 Å². The van der Waals surface area contributed by atoms with Gasteiger partial charge in [0.2, 0.25) is 11.8 Å². The van der Waals surface area contributed by atoms with Crippen LogP contribution >= 0.6 is 11.3 Å². The number of nitrogens with one attached hydrogen (secondary N) is 3. The van der Waals surface area contributed by atoms with Crippen molar-refractivity contribution in [2.24, 2.45) is 5.92 Å². The molecule has 1 aromatic carbocycles. The molecular formula is C27H31N7O3S. The number of aromatic nitrogens is 4. The highest BCUT2D eigenvalue weighted by atomic mass is 32.1. The van der Waals surface area contributed by atoms with Crippen LogP contribution in [0.2, 0.25) is 0 Å². The number of nitrogens with zero attached hydrogens (tertiary/aromatic N) is 4. The van der Waals surface area contributed by atoms with Crippen molar-refractivity contribution in [3.8, 4) is 5.75 Å². The number of methoxy groups -OCH3 is 1. The van der Waals surface area contributed by atoms with E-state index in [2.05, 4.69) is 20.8 Å². The van der Waals surface area contributed by atoms with Crippen molar-refractivity contribution in [2.75, 3.05) is 33.1 Å². The Labute approximate surface area is 224 Å². The summed E-state index contributed by atoms with van der Waals surface area (Å²) in [6.45, 7) is 0.360. The molecule has 2 aliphatic rings. The number of H-pyrrole nitrogens is 1. The second-order valence-electron chi connectivity index (χ2n) is 10.3. The predicted molar refractivity (Wildman–Crippen MR) is 147 cm³/mol. The maximum Gasteiger partial charge on any atom is 0.223 e. The van der Waals surface area contributed by atoms with Gasteiger partial charge in [-0.15, -0.1) is 11.3 Å². The van der Waals surface area contributed by atoms with E-state index >= 15 is 0 Å². The van der Waals surface area contributed by atoms with Crippen LogP contribution in [0.15, 0.2) is 18.3 Å². The number of anilines is 2. The number of rotatable bonds is 8. The Balaban J connectivity index is 1.29. The Morgan fingerprint density at radius 1 is 1.21 bits per heavy atom. The third kappa shape index (κ3) is 4.66. The number of hydrogen-bond donors (Lipinski definition) is 3. The first-order valence-corrected chi connectivity index (χ1v) is 13.8. The highest BCUT2D eigenvalue weighted by Gasteiger charge is 2.32.